The average Bonchev–Trinajstić information content (AvgIpc) is 2.87. The van der Waals surface area contributed by atoms with Crippen LogP contribution in [-0.2, 0) is 11.3 Å². The van der Waals surface area contributed by atoms with Gasteiger partial charge < -0.3 is 10.2 Å². The summed E-state index contributed by atoms with van der Waals surface area (Å²) in [6.45, 7) is 2.40. The molecule has 1 unspecified atom stereocenters. The highest BCUT2D eigenvalue weighted by Crippen LogP contribution is 2.41. The SMILES string of the molecule is Cl.O=C(C1CSc2ccccc21)N1CCNCc2ccccc21. The van der Waals surface area contributed by atoms with E-state index in [9.17, 15) is 4.79 Å². The highest BCUT2D eigenvalue weighted by Gasteiger charge is 2.33. The van der Waals surface area contributed by atoms with Crippen LogP contribution in [0.4, 0.5) is 5.69 Å². The summed E-state index contributed by atoms with van der Waals surface area (Å²) in [5.41, 5.74) is 3.45. The van der Waals surface area contributed by atoms with Gasteiger partial charge in [0.25, 0.3) is 0 Å². The number of anilines is 1. The van der Waals surface area contributed by atoms with Crippen molar-refractivity contribution < 1.29 is 4.79 Å². The van der Waals surface area contributed by atoms with Gasteiger partial charge in [-0.1, -0.05) is 36.4 Å². The van der Waals surface area contributed by atoms with Crippen molar-refractivity contribution in [3.05, 3.63) is 59.7 Å². The van der Waals surface area contributed by atoms with Gasteiger partial charge in [0.05, 0.1) is 5.92 Å². The lowest BCUT2D eigenvalue weighted by Crippen LogP contribution is -2.38. The molecule has 1 N–H and O–H groups in total. The summed E-state index contributed by atoms with van der Waals surface area (Å²) in [6, 6.07) is 16.5. The molecule has 1 amide bonds. The molecule has 0 aliphatic carbocycles. The van der Waals surface area contributed by atoms with E-state index in [0.717, 1.165) is 31.1 Å². The van der Waals surface area contributed by atoms with Crippen LogP contribution in [0.25, 0.3) is 0 Å². The number of amides is 1. The zero-order valence-electron chi connectivity index (χ0n) is 12.7. The number of carbonyl (C=O) groups is 1. The molecule has 0 bridgehead atoms. The second kappa shape index (κ2) is 6.95. The van der Waals surface area contributed by atoms with E-state index >= 15 is 0 Å². The van der Waals surface area contributed by atoms with Gasteiger partial charge in [0.2, 0.25) is 5.91 Å². The Hall–Kier alpha value is -1.49. The van der Waals surface area contributed by atoms with Crippen LogP contribution in [0.3, 0.4) is 0 Å². The second-order valence-corrected chi connectivity index (χ2v) is 6.76. The Morgan fingerprint density at radius 2 is 1.91 bits per heavy atom. The average molecular weight is 347 g/mol. The third-order valence-electron chi connectivity index (χ3n) is 4.37. The van der Waals surface area contributed by atoms with Gasteiger partial charge in [-0.2, -0.15) is 0 Å². The Morgan fingerprint density at radius 3 is 2.83 bits per heavy atom. The maximum Gasteiger partial charge on any atom is 0.235 e. The van der Waals surface area contributed by atoms with Crippen LogP contribution in [0.1, 0.15) is 17.0 Å². The van der Waals surface area contributed by atoms with Gasteiger partial charge in [-0.25, -0.2) is 0 Å². The predicted octanol–water partition coefficient (Wildman–Crippen LogP) is 3.43. The first-order valence-electron chi connectivity index (χ1n) is 7.66. The third kappa shape index (κ3) is 2.99. The molecule has 2 aromatic rings. The molecule has 0 aromatic heterocycles. The zero-order chi connectivity index (χ0) is 14.9. The first kappa shape index (κ1) is 16.4. The van der Waals surface area contributed by atoms with E-state index < -0.39 is 0 Å². The number of para-hydroxylation sites is 1. The molecule has 23 heavy (non-hydrogen) atoms. The van der Waals surface area contributed by atoms with Crippen LogP contribution in [-0.4, -0.2) is 24.7 Å². The van der Waals surface area contributed by atoms with Crippen molar-refractivity contribution in [3.63, 3.8) is 0 Å². The number of hydrogen-bond donors (Lipinski definition) is 1. The summed E-state index contributed by atoms with van der Waals surface area (Å²) in [6.07, 6.45) is 0. The summed E-state index contributed by atoms with van der Waals surface area (Å²) < 4.78 is 0. The Labute approximate surface area is 146 Å². The Bertz CT molecular complexity index is 722. The Balaban J connectivity index is 0.00000156. The zero-order valence-corrected chi connectivity index (χ0v) is 14.3. The molecule has 3 nitrogen and oxygen atoms in total. The minimum atomic E-state index is -0.0210. The van der Waals surface area contributed by atoms with Gasteiger partial charge in [0.15, 0.2) is 0 Å². The molecule has 1 atom stereocenters. The molecule has 120 valence electrons. The maximum absolute atomic E-state index is 13.2. The van der Waals surface area contributed by atoms with E-state index in [1.54, 1.807) is 11.8 Å². The summed E-state index contributed by atoms with van der Waals surface area (Å²) in [4.78, 5) is 16.4. The minimum absolute atomic E-state index is 0. The molecule has 0 radical (unpaired) electrons. The van der Waals surface area contributed by atoms with Crippen LogP contribution in [0.2, 0.25) is 0 Å². The van der Waals surface area contributed by atoms with Crippen LogP contribution < -0.4 is 10.2 Å². The number of benzene rings is 2. The molecule has 2 aromatic carbocycles. The molecular formula is C18H19ClN2OS. The fourth-order valence-electron chi connectivity index (χ4n) is 3.24. The standard InChI is InChI=1S/C18H18N2OS.ClH/c21-18(15-12-22-17-8-4-2-6-14(15)17)20-10-9-19-11-13-5-1-3-7-16(13)20;/h1-8,15,19H,9-12H2;1H. The van der Waals surface area contributed by atoms with Crippen molar-refractivity contribution in [1.82, 2.24) is 5.32 Å². The third-order valence-corrected chi connectivity index (χ3v) is 5.56. The molecule has 0 saturated carbocycles. The highest BCUT2D eigenvalue weighted by atomic mass is 35.5. The van der Waals surface area contributed by atoms with Crippen LogP contribution in [0.15, 0.2) is 53.4 Å². The van der Waals surface area contributed by atoms with Crippen molar-refractivity contribution in [1.29, 1.82) is 0 Å². The van der Waals surface area contributed by atoms with Crippen molar-refractivity contribution >= 4 is 35.8 Å². The molecule has 4 rings (SSSR count). The Morgan fingerprint density at radius 1 is 1.13 bits per heavy atom. The minimum Gasteiger partial charge on any atom is -0.311 e. The van der Waals surface area contributed by atoms with Gasteiger partial charge in [-0.3, -0.25) is 4.79 Å². The Kier molecular flexibility index (Phi) is 4.95. The largest absolute Gasteiger partial charge is 0.311 e. The van der Waals surface area contributed by atoms with Crippen molar-refractivity contribution in [3.8, 4) is 0 Å². The number of nitrogens with one attached hydrogen (secondary N) is 1. The molecular weight excluding hydrogens is 328 g/mol. The van der Waals surface area contributed by atoms with E-state index in [4.69, 9.17) is 0 Å². The second-order valence-electron chi connectivity index (χ2n) is 5.70. The van der Waals surface area contributed by atoms with Crippen LogP contribution in [0, 0.1) is 0 Å². The lowest BCUT2D eigenvalue weighted by atomic mass is 9.99. The van der Waals surface area contributed by atoms with Crippen molar-refractivity contribution in [2.75, 3.05) is 23.7 Å². The fraction of sp³-hybridized carbons (Fsp3) is 0.278. The van der Waals surface area contributed by atoms with Gasteiger partial charge in [0, 0.05) is 36.0 Å². The molecule has 2 heterocycles. The van der Waals surface area contributed by atoms with E-state index in [0.29, 0.717) is 0 Å². The summed E-state index contributed by atoms with van der Waals surface area (Å²) in [5, 5.41) is 3.40. The maximum atomic E-state index is 13.2. The molecule has 2 aliphatic heterocycles. The number of nitrogens with zero attached hydrogens (tertiary/aromatic N) is 1. The van der Waals surface area contributed by atoms with Gasteiger partial charge in [0.1, 0.15) is 0 Å². The van der Waals surface area contributed by atoms with Crippen molar-refractivity contribution in [2.45, 2.75) is 17.4 Å². The first-order chi connectivity index (χ1) is 10.8. The molecule has 0 saturated heterocycles. The normalized spacial score (nSPS) is 19.3. The molecule has 2 aliphatic rings. The van der Waals surface area contributed by atoms with E-state index in [-0.39, 0.29) is 24.2 Å². The number of fused-ring (bicyclic) bond motifs is 2. The van der Waals surface area contributed by atoms with Crippen molar-refractivity contribution in [2.24, 2.45) is 0 Å². The number of thioether (sulfide) groups is 1. The van der Waals surface area contributed by atoms with Crippen LogP contribution >= 0.6 is 24.2 Å². The number of hydrogen-bond acceptors (Lipinski definition) is 3. The highest BCUT2D eigenvalue weighted by molar-refractivity contribution is 7.99. The monoisotopic (exact) mass is 346 g/mol. The van der Waals surface area contributed by atoms with E-state index in [1.807, 2.05) is 29.2 Å². The number of carbonyl (C=O) groups excluding carboxylic acids is 1. The fourth-order valence-corrected chi connectivity index (χ4v) is 4.46. The molecule has 0 spiro atoms. The quantitative estimate of drug-likeness (QED) is 0.858. The summed E-state index contributed by atoms with van der Waals surface area (Å²) in [5.74, 6) is 1.06. The van der Waals surface area contributed by atoms with E-state index in [2.05, 4.69) is 29.6 Å². The topological polar surface area (TPSA) is 32.3 Å². The lowest BCUT2D eigenvalue weighted by molar-refractivity contribution is -0.119. The predicted molar refractivity (Wildman–Crippen MR) is 97.7 cm³/mol. The molecule has 5 heteroatoms. The summed E-state index contributed by atoms with van der Waals surface area (Å²) in [7, 11) is 0. The lowest BCUT2D eigenvalue weighted by Gasteiger charge is -2.25. The van der Waals surface area contributed by atoms with Gasteiger partial charge in [-0.15, -0.1) is 24.2 Å². The smallest absolute Gasteiger partial charge is 0.235 e. The van der Waals surface area contributed by atoms with E-state index in [1.165, 1.54) is 16.0 Å². The first-order valence-corrected chi connectivity index (χ1v) is 8.65. The van der Waals surface area contributed by atoms with Gasteiger partial charge in [-0.05, 0) is 23.3 Å². The molecule has 0 fully saturated rings. The van der Waals surface area contributed by atoms with Crippen LogP contribution in [0.5, 0.6) is 0 Å². The number of rotatable bonds is 1. The van der Waals surface area contributed by atoms with Gasteiger partial charge >= 0.3 is 0 Å². The summed E-state index contributed by atoms with van der Waals surface area (Å²) >= 11 is 1.79. The number of halogens is 1.